The smallest absolute Gasteiger partial charge is 0.262 e. The molecular formula is C16H13ClN4O3. The van der Waals surface area contributed by atoms with Crippen LogP contribution in [0.2, 0.25) is 5.02 Å². The van der Waals surface area contributed by atoms with Crippen molar-refractivity contribution in [2.75, 3.05) is 11.1 Å². The number of anilines is 2. The number of nitrogens with one attached hydrogen (secondary N) is 1. The third-order valence-corrected chi connectivity index (χ3v) is 3.73. The van der Waals surface area contributed by atoms with Crippen molar-refractivity contribution >= 4 is 29.1 Å². The molecule has 4 N–H and O–H groups in total. The van der Waals surface area contributed by atoms with Crippen molar-refractivity contribution in [2.24, 2.45) is 0 Å². The number of carbonyl (C=O) groups excluding carboxylic acids is 1. The van der Waals surface area contributed by atoms with Gasteiger partial charge >= 0.3 is 0 Å². The van der Waals surface area contributed by atoms with Gasteiger partial charge in [-0.2, -0.15) is 0 Å². The van der Waals surface area contributed by atoms with Gasteiger partial charge in [0.2, 0.25) is 0 Å². The largest absolute Gasteiger partial charge is 0.508 e. The van der Waals surface area contributed by atoms with Crippen LogP contribution in [0.4, 0.5) is 11.6 Å². The van der Waals surface area contributed by atoms with Crippen molar-refractivity contribution in [1.29, 1.82) is 0 Å². The molecule has 1 aromatic carbocycles. The number of carbonyl (C=O) groups is 1. The zero-order valence-electron chi connectivity index (χ0n) is 12.6. The van der Waals surface area contributed by atoms with Gasteiger partial charge in [0.25, 0.3) is 5.91 Å². The van der Waals surface area contributed by atoms with E-state index in [0.717, 1.165) is 0 Å². The first kappa shape index (κ1) is 15.8. The van der Waals surface area contributed by atoms with Crippen LogP contribution >= 0.6 is 11.6 Å². The summed E-state index contributed by atoms with van der Waals surface area (Å²) in [5.41, 5.74) is 7.86. The molecule has 8 heteroatoms. The molecule has 0 fully saturated rings. The number of benzene rings is 1. The van der Waals surface area contributed by atoms with Crippen LogP contribution in [0.15, 0.2) is 41.1 Å². The number of aromatic hydroxyl groups is 1. The minimum absolute atomic E-state index is 0.0640. The number of rotatable bonds is 3. The van der Waals surface area contributed by atoms with Crippen LogP contribution in [0.25, 0.3) is 11.1 Å². The quantitative estimate of drug-likeness (QED) is 0.672. The Balaban J connectivity index is 1.89. The third-order valence-electron chi connectivity index (χ3n) is 3.40. The summed E-state index contributed by atoms with van der Waals surface area (Å²) in [5.74, 6) is 0.110. The van der Waals surface area contributed by atoms with Crippen LogP contribution in [0.3, 0.4) is 0 Å². The summed E-state index contributed by atoms with van der Waals surface area (Å²) in [4.78, 5) is 16.3. The van der Waals surface area contributed by atoms with Crippen LogP contribution in [0.1, 0.15) is 16.1 Å². The molecule has 0 saturated carbocycles. The van der Waals surface area contributed by atoms with E-state index in [9.17, 15) is 9.90 Å². The monoisotopic (exact) mass is 344 g/mol. The van der Waals surface area contributed by atoms with E-state index in [4.69, 9.17) is 21.9 Å². The number of aromatic nitrogens is 2. The van der Waals surface area contributed by atoms with Crippen LogP contribution in [-0.4, -0.2) is 21.2 Å². The number of nitrogen functional groups attached to an aromatic ring is 1. The van der Waals surface area contributed by atoms with Gasteiger partial charge in [-0.3, -0.25) is 4.79 Å². The molecule has 1 amide bonds. The molecule has 0 aliphatic heterocycles. The molecule has 0 unspecified atom stereocenters. The highest BCUT2D eigenvalue weighted by Gasteiger charge is 2.15. The molecule has 0 aliphatic carbocycles. The number of pyridine rings is 1. The van der Waals surface area contributed by atoms with Crippen molar-refractivity contribution < 1.29 is 14.4 Å². The van der Waals surface area contributed by atoms with Crippen molar-refractivity contribution in [3.8, 4) is 16.9 Å². The summed E-state index contributed by atoms with van der Waals surface area (Å²) in [6.45, 7) is 1.66. The summed E-state index contributed by atoms with van der Waals surface area (Å²) in [6, 6.07) is 7.79. The standard InChI is InChI=1S/C16H13ClN4O3/c1-8-12(7-24-21-8)16(23)20-14-5-3-10(15(18)19-14)11-6-9(22)2-4-13(11)17/h2-7,22H,1H3,(H3,18,19,20,23). The molecule has 24 heavy (non-hydrogen) atoms. The number of aryl methyl sites for hydroxylation is 1. The summed E-state index contributed by atoms with van der Waals surface area (Å²) in [7, 11) is 0. The first-order valence-corrected chi connectivity index (χ1v) is 7.31. The topological polar surface area (TPSA) is 114 Å². The maximum atomic E-state index is 12.1. The minimum Gasteiger partial charge on any atom is -0.508 e. The Hall–Kier alpha value is -3.06. The number of nitrogens with two attached hydrogens (primary N) is 1. The number of halogens is 1. The van der Waals surface area contributed by atoms with Crippen LogP contribution in [-0.2, 0) is 0 Å². The Bertz CT molecular complexity index is 923. The van der Waals surface area contributed by atoms with E-state index >= 15 is 0 Å². The van der Waals surface area contributed by atoms with Gasteiger partial charge in [0, 0.05) is 16.1 Å². The Labute approximate surface area is 142 Å². The molecule has 122 valence electrons. The van der Waals surface area contributed by atoms with Crippen LogP contribution in [0, 0.1) is 6.92 Å². The van der Waals surface area contributed by atoms with E-state index in [1.807, 2.05) is 0 Å². The fourth-order valence-electron chi connectivity index (χ4n) is 2.19. The first-order valence-electron chi connectivity index (χ1n) is 6.93. The SMILES string of the molecule is Cc1nocc1C(=O)Nc1ccc(-c2cc(O)ccc2Cl)c(N)n1. The number of phenolic OH excluding ortho intramolecular Hbond substituents is 1. The Morgan fingerprint density at radius 1 is 1.29 bits per heavy atom. The second kappa shape index (κ2) is 6.21. The zero-order chi connectivity index (χ0) is 17.3. The van der Waals surface area contributed by atoms with Gasteiger partial charge in [0.15, 0.2) is 0 Å². The normalized spacial score (nSPS) is 10.6. The molecule has 7 nitrogen and oxygen atoms in total. The second-order valence-corrected chi connectivity index (χ2v) is 5.47. The molecule has 3 rings (SSSR count). The number of hydrogen-bond acceptors (Lipinski definition) is 6. The summed E-state index contributed by atoms with van der Waals surface area (Å²) in [5, 5.41) is 16.3. The zero-order valence-corrected chi connectivity index (χ0v) is 13.3. The van der Waals surface area contributed by atoms with Gasteiger partial charge in [-0.05, 0) is 37.3 Å². The minimum atomic E-state index is -0.399. The van der Waals surface area contributed by atoms with Crippen LogP contribution < -0.4 is 11.1 Å². The third kappa shape index (κ3) is 3.02. The number of amides is 1. The number of hydrogen-bond donors (Lipinski definition) is 3. The van der Waals surface area contributed by atoms with Gasteiger partial charge < -0.3 is 20.7 Å². The lowest BCUT2D eigenvalue weighted by molar-refractivity contribution is 0.102. The van der Waals surface area contributed by atoms with E-state index in [1.54, 1.807) is 25.1 Å². The van der Waals surface area contributed by atoms with Crippen LogP contribution in [0.5, 0.6) is 5.75 Å². The van der Waals surface area contributed by atoms with E-state index < -0.39 is 5.91 Å². The average molecular weight is 345 g/mol. The Morgan fingerprint density at radius 3 is 2.75 bits per heavy atom. The Morgan fingerprint density at radius 2 is 2.08 bits per heavy atom. The van der Waals surface area contributed by atoms with Gasteiger partial charge in [-0.15, -0.1) is 0 Å². The average Bonchev–Trinajstić information content (AvgIpc) is 2.96. The fraction of sp³-hybridized carbons (Fsp3) is 0.0625. The highest BCUT2D eigenvalue weighted by Crippen LogP contribution is 2.34. The maximum absolute atomic E-state index is 12.1. The first-order chi connectivity index (χ1) is 11.5. The molecule has 0 saturated heterocycles. The summed E-state index contributed by atoms with van der Waals surface area (Å²) < 4.78 is 4.73. The molecule has 2 heterocycles. The molecule has 0 atom stereocenters. The lowest BCUT2D eigenvalue weighted by Crippen LogP contribution is -2.14. The second-order valence-electron chi connectivity index (χ2n) is 5.06. The van der Waals surface area contributed by atoms with Gasteiger partial charge in [-0.25, -0.2) is 4.98 Å². The maximum Gasteiger partial charge on any atom is 0.262 e. The van der Waals surface area contributed by atoms with Gasteiger partial charge in [0.05, 0.1) is 5.69 Å². The molecule has 2 aromatic heterocycles. The molecule has 0 bridgehead atoms. The van der Waals surface area contributed by atoms with Crippen molar-refractivity contribution in [2.45, 2.75) is 6.92 Å². The van der Waals surface area contributed by atoms with Crippen molar-refractivity contribution in [1.82, 2.24) is 10.1 Å². The Kier molecular flexibility index (Phi) is 4.09. The van der Waals surface area contributed by atoms with E-state index in [2.05, 4.69) is 15.5 Å². The highest BCUT2D eigenvalue weighted by molar-refractivity contribution is 6.33. The van der Waals surface area contributed by atoms with E-state index in [-0.39, 0.29) is 17.4 Å². The summed E-state index contributed by atoms with van der Waals surface area (Å²) >= 11 is 6.13. The van der Waals surface area contributed by atoms with E-state index in [1.165, 1.54) is 18.4 Å². The molecule has 0 aliphatic rings. The van der Waals surface area contributed by atoms with Crippen molar-refractivity contribution in [3.05, 3.63) is 52.9 Å². The molecule has 0 spiro atoms. The predicted molar refractivity (Wildman–Crippen MR) is 90.0 cm³/mol. The van der Waals surface area contributed by atoms with Crippen molar-refractivity contribution in [3.63, 3.8) is 0 Å². The molecule has 0 radical (unpaired) electrons. The number of nitrogens with zero attached hydrogens (tertiary/aromatic N) is 2. The summed E-state index contributed by atoms with van der Waals surface area (Å²) in [6.07, 6.45) is 1.26. The molecular weight excluding hydrogens is 332 g/mol. The lowest BCUT2D eigenvalue weighted by atomic mass is 10.1. The fourth-order valence-corrected chi connectivity index (χ4v) is 2.41. The molecule has 3 aromatic rings. The number of phenols is 1. The van der Waals surface area contributed by atoms with Gasteiger partial charge in [0.1, 0.15) is 29.2 Å². The van der Waals surface area contributed by atoms with E-state index in [0.29, 0.717) is 27.4 Å². The predicted octanol–water partition coefficient (Wildman–Crippen LogP) is 3.24. The highest BCUT2D eigenvalue weighted by atomic mass is 35.5. The lowest BCUT2D eigenvalue weighted by Gasteiger charge is -2.10. The van der Waals surface area contributed by atoms with Gasteiger partial charge in [-0.1, -0.05) is 16.8 Å².